The van der Waals surface area contributed by atoms with E-state index in [1.807, 2.05) is 48.5 Å². The molecule has 0 unspecified atom stereocenters. The maximum Gasteiger partial charge on any atom is 0.125 e. The van der Waals surface area contributed by atoms with Crippen molar-refractivity contribution in [3.8, 4) is 11.5 Å². The number of nitrogens with zero attached hydrogens (tertiary/aromatic N) is 1. The van der Waals surface area contributed by atoms with E-state index in [2.05, 4.69) is 34.8 Å². The van der Waals surface area contributed by atoms with Crippen LogP contribution in [0, 0.1) is 0 Å². The van der Waals surface area contributed by atoms with Crippen molar-refractivity contribution in [1.82, 2.24) is 0 Å². The summed E-state index contributed by atoms with van der Waals surface area (Å²) in [5.74, 6) is 1.52. The number of benzene rings is 4. The summed E-state index contributed by atoms with van der Waals surface area (Å²) in [4.78, 5) is 0. The van der Waals surface area contributed by atoms with E-state index in [-0.39, 0.29) is 0 Å². The lowest BCUT2D eigenvalue weighted by atomic mass is 10.1. The van der Waals surface area contributed by atoms with Crippen LogP contribution in [0.15, 0.2) is 90.0 Å². The molecule has 0 radical (unpaired) electrons. The van der Waals surface area contributed by atoms with Gasteiger partial charge in [-0.2, -0.15) is 5.10 Å². The maximum absolute atomic E-state index is 5.92. The molecule has 4 aromatic carbocycles. The highest BCUT2D eigenvalue weighted by Gasteiger charge is 2.05. The lowest BCUT2D eigenvalue weighted by molar-refractivity contribution is 0.296. The first kappa shape index (κ1) is 19.8. The van der Waals surface area contributed by atoms with E-state index in [1.54, 1.807) is 25.5 Å². The first-order valence-electron chi connectivity index (χ1n) is 9.54. The Labute approximate surface area is 180 Å². The fourth-order valence-electron chi connectivity index (χ4n) is 3.12. The summed E-state index contributed by atoms with van der Waals surface area (Å²) in [6, 6.07) is 27.6. The summed E-state index contributed by atoms with van der Waals surface area (Å²) in [5.41, 5.74) is 5.90. The molecule has 0 amide bonds. The van der Waals surface area contributed by atoms with Gasteiger partial charge in [-0.3, -0.25) is 5.43 Å². The topological polar surface area (TPSA) is 42.8 Å². The molecular formula is C25H21ClN2O2. The molecule has 0 aromatic heterocycles. The molecule has 4 aromatic rings. The normalized spacial score (nSPS) is 11.0. The van der Waals surface area contributed by atoms with Gasteiger partial charge < -0.3 is 9.47 Å². The molecule has 0 fully saturated rings. The summed E-state index contributed by atoms with van der Waals surface area (Å²) < 4.78 is 11.3. The average Bonchev–Trinajstić information content (AvgIpc) is 2.79. The minimum absolute atomic E-state index is 0.380. The molecule has 0 aliphatic rings. The Kier molecular flexibility index (Phi) is 6.16. The fourth-order valence-corrected chi connectivity index (χ4v) is 3.25. The van der Waals surface area contributed by atoms with E-state index in [1.165, 1.54) is 10.8 Å². The highest BCUT2D eigenvalue weighted by Crippen LogP contribution is 2.23. The van der Waals surface area contributed by atoms with E-state index >= 15 is 0 Å². The molecule has 0 aliphatic carbocycles. The monoisotopic (exact) mass is 416 g/mol. The summed E-state index contributed by atoms with van der Waals surface area (Å²) >= 11 is 5.92. The Morgan fingerprint density at radius 3 is 2.50 bits per heavy atom. The predicted molar refractivity (Wildman–Crippen MR) is 124 cm³/mol. The van der Waals surface area contributed by atoms with E-state index in [0.29, 0.717) is 11.6 Å². The largest absolute Gasteiger partial charge is 0.496 e. The number of hydrazone groups is 1. The number of methoxy groups -OCH3 is 1. The molecule has 30 heavy (non-hydrogen) atoms. The zero-order valence-corrected chi connectivity index (χ0v) is 17.3. The van der Waals surface area contributed by atoms with Gasteiger partial charge in [0.25, 0.3) is 0 Å². The van der Waals surface area contributed by atoms with Gasteiger partial charge in [0.05, 0.1) is 19.0 Å². The first-order valence-corrected chi connectivity index (χ1v) is 9.92. The number of hydrogen-bond acceptors (Lipinski definition) is 4. The van der Waals surface area contributed by atoms with Gasteiger partial charge in [0.15, 0.2) is 0 Å². The minimum Gasteiger partial charge on any atom is -0.496 e. The van der Waals surface area contributed by atoms with E-state index in [0.717, 1.165) is 28.3 Å². The Bertz CT molecular complexity index is 1170. The molecule has 0 heterocycles. The van der Waals surface area contributed by atoms with Crippen LogP contribution in [0.1, 0.15) is 11.1 Å². The lowest BCUT2D eigenvalue weighted by Crippen LogP contribution is -2.00. The van der Waals surface area contributed by atoms with Gasteiger partial charge in [-0.25, -0.2) is 0 Å². The number of rotatable bonds is 7. The second-order valence-electron chi connectivity index (χ2n) is 6.75. The molecule has 5 heteroatoms. The van der Waals surface area contributed by atoms with Crippen LogP contribution in [0.2, 0.25) is 5.02 Å². The van der Waals surface area contributed by atoms with Gasteiger partial charge in [0.1, 0.15) is 18.1 Å². The Hall–Kier alpha value is -3.50. The molecule has 0 bridgehead atoms. The zero-order valence-electron chi connectivity index (χ0n) is 16.5. The second-order valence-corrected chi connectivity index (χ2v) is 7.18. The minimum atomic E-state index is 0.380. The van der Waals surface area contributed by atoms with Crippen molar-refractivity contribution in [2.24, 2.45) is 5.10 Å². The molecule has 0 atom stereocenters. The van der Waals surface area contributed by atoms with Gasteiger partial charge in [-0.05, 0) is 70.9 Å². The molecular weight excluding hydrogens is 396 g/mol. The van der Waals surface area contributed by atoms with Crippen LogP contribution in [0.25, 0.3) is 10.8 Å². The first-order chi connectivity index (χ1) is 14.7. The number of ether oxygens (including phenoxy) is 2. The van der Waals surface area contributed by atoms with Crippen molar-refractivity contribution in [3.63, 3.8) is 0 Å². The Balaban J connectivity index is 1.45. The number of hydrogen-bond donors (Lipinski definition) is 1. The van der Waals surface area contributed by atoms with E-state index in [4.69, 9.17) is 21.1 Å². The number of halogens is 1. The highest BCUT2D eigenvalue weighted by atomic mass is 35.5. The van der Waals surface area contributed by atoms with Crippen LogP contribution in [0.5, 0.6) is 11.5 Å². The Morgan fingerprint density at radius 1 is 0.900 bits per heavy atom. The third kappa shape index (κ3) is 4.91. The third-order valence-corrected chi connectivity index (χ3v) is 4.92. The Morgan fingerprint density at radius 2 is 1.70 bits per heavy atom. The van der Waals surface area contributed by atoms with E-state index < -0.39 is 0 Å². The van der Waals surface area contributed by atoms with Gasteiger partial charge >= 0.3 is 0 Å². The lowest BCUT2D eigenvalue weighted by Gasteiger charge is -2.11. The standard InChI is InChI=1S/C25H21ClN2O2/c1-29-25-13-6-18(14-21(25)17-30-24-11-8-22(26)9-12-24)16-27-28-23-10-7-19-4-2-3-5-20(19)15-23/h2-16,28H,17H2,1H3/b27-16-. The molecule has 0 saturated heterocycles. The summed E-state index contributed by atoms with van der Waals surface area (Å²) in [5, 5.41) is 7.42. The second kappa shape index (κ2) is 9.33. The van der Waals surface area contributed by atoms with Crippen molar-refractivity contribution < 1.29 is 9.47 Å². The zero-order chi connectivity index (χ0) is 20.8. The fraction of sp³-hybridized carbons (Fsp3) is 0.0800. The summed E-state index contributed by atoms with van der Waals surface area (Å²) in [6.45, 7) is 0.380. The maximum atomic E-state index is 5.92. The number of nitrogens with one attached hydrogen (secondary N) is 1. The molecule has 4 rings (SSSR count). The molecule has 0 saturated carbocycles. The summed E-state index contributed by atoms with van der Waals surface area (Å²) in [6.07, 6.45) is 1.78. The smallest absolute Gasteiger partial charge is 0.125 e. The van der Waals surface area contributed by atoms with Crippen molar-refractivity contribution in [1.29, 1.82) is 0 Å². The van der Waals surface area contributed by atoms with Gasteiger partial charge in [0.2, 0.25) is 0 Å². The van der Waals surface area contributed by atoms with Crippen molar-refractivity contribution >= 4 is 34.3 Å². The predicted octanol–water partition coefficient (Wildman–Crippen LogP) is 6.53. The van der Waals surface area contributed by atoms with Crippen LogP contribution >= 0.6 is 11.6 Å². The van der Waals surface area contributed by atoms with Crippen molar-refractivity contribution in [2.75, 3.05) is 12.5 Å². The SMILES string of the molecule is COc1ccc(/C=N\Nc2ccc3ccccc3c2)cc1COc1ccc(Cl)cc1. The average molecular weight is 417 g/mol. The van der Waals surface area contributed by atoms with Crippen molar-refractivity contribution in [2.45, 2.75) is 6.61 Å². The third-order valence-electron chi connectivity index (χ3n) is 4.67. The highest BCUT2D eigenvalue weighted by molar-refractivity contribution is 6.30. The molecule has 4 nitrogen and oxygen atoms in total. The summed E-state index contributed by atoms with van der Waals surface area (Å²) in [7, 11) is 1.65. The van der Waals surface area contributed by atoms with Crippen LogP contribution in [-0.2, 0) is 6.61 Å². The quantitative estimate of drug-likeness (QED) is 0.275. The van der Waals surface area contributed by atoms with Crippen LogP contribution in [0.3, 0.4) is 0 Å². The van der Waals surface area contributed by atoms with Crippen molar-refractivity contribution in [3.05, 3.63) is 101 Å². The van der Waals surface area contributed by atoms with Crippen LogP contribution in [-0.4, -0.2) is 13.3 Å². The number of fused-ring (bicyclic) bond motifs is 1. The molecule has 0 spiro atoms. The molecule has 1 N–H and O–H groups in total. The van der Waals surface area contributed by atoms with Gasteiger partial charge in [0, 0.05) is 10.6 Å². The van der Waals surface area contributed by atoms with Crippen LogP contribution < -0.4 is 14.9 Å². The van der Waals surface area contributed by atoms with Gasteiger partial charge in [-0.1, -0.05) is 41.9 Å². The molecule has 150 valence electrons. The van der Waals surface area contributed by atoms with Gasteiger partial charge in [-0.15, -0.1) is 0 Å². The van der Waals surface area contributed by atoms with E-state index in [9.17, 15) is 0 Å². The number of anilines is 1. The molecule has 0 aliphatic heterocycles. The van der Waals surface area contributed by atoms with Crippen LogP contribution in [0.4, 0.5) is 5.69 Å².